The quantitative estimate of drug-likeness (QED) is 0.672. The zero-order valence-corrected chi connectivity index (χ0v) is 15.3. The number of imidazole rings is 1. The minimum Gasteiger partial charge on any atom is -0.320 e. The SMILES string of the molecule is Cc1cc(Br)c2nc(C)c(C(=O)Nc3cc(Cl)ccc3C)n2c1. The van der Waals surface area contributed by atoms with Gasteiger partial charge in [-0.1, -0.05) is 17.7 Å². The molecule has 2 aromatic heterocycles. The van der Waals surface area contributed by atoms with Gasteiger partial charge in [0.2, 0.25) is 0 Å². The first-order chi connectivity index (χ1) is 10.9. The number of fused-ring (bicyclic) bond motifs is 1. The number of pyridine rings is 1. The third-order valence-electron chi connectivity index (χ3n) is 3.65. The number of aromatic nitrogens is 2. The zero-order chi connectivity index (χ0) is 16.7. The molecule has 1 N–H and O–H groups in total. The molecule has 23 heavy (non-hydrogen) atoms. The van der Waals surface area contributed by atoms with Crippen molar-refractivity contribution in [3.05, 3.63) is 62.5 Å². The van der Waals surface area contributed by atoms with Crippen LogP contribution in [0, 0.1) is 20.8 Å². The Morgan fingerprint density at radius 1 is 1.26 bits per heavy atom. The van der Waals surface area contributed by atoms with Crippen LogP contribution in [0.1, 0.15) is 27.3 Å². The van der Waals surface area contributed by atoms with Gasteiger partial charge in [0.05, 0.1) is 10.2 Å². The summed E-state index contributed by atoms with van der Waals surface area (Å²) in [6, 6.07) is 7.39. The number of carbonyl (C=O) groups is 1. The highest BCUT2D eigenvalue weighted by molar-refractivity contribution is 9.10. The molecule has 0 atom stereocenters. The smallest absolute Gasteiger partial charge is 0.274 e. The molecule has 4 nitrogen and oxygen atoms in total. The molecule has 0 saturated carbocycles. The van der Waals surface area contributed by atoms with Crippen molar-refractivity contribution in [1.82, 2.24) is 9.38 Å². The van der Waals surface area contributed by atoms with E-state index >= 15 is 0 Å². The molecule has 0 unspecified atom stereocenters. The van der Waals surface area contributed by atoms with Gasteiger partial charge in [0.15, 0.2) is 5.65 Å². The van der Waals surface area contributed by atoms with E-state index in [9.17, 15) is 4.79 Å². The van der Waals surface area contributed by atoms with Crippen molar-refractivity contribution in [2.45, 2.75) is 20.8 Å². The number of amides is 1. The normalized spacial score (nSPS) is 11.0. The van der Waals surface area contributed by atoms with Gasteiger partial charge >= 0.3 is 0 Å². The van der Waals surface area contributed by atoms with Gasteiger partial charge in [-0.3, -0.25) is 9.20 Å². The molecule has 0 spiro atoms. The highest BCUT2D eigenvalue weighted by Crippen LogP contribution is 2.24. The van der Waals surface area contributed by atoms with Crippen LogP contribution in [-0.4, -0.2) is 15.3 Å². The second-order valence-electron chi connectivity index (χ2n) is 5.52. The van der Waals surface area contributed by atoms with Crippen molar-refractivity contribution >= 4 is 44.8 Å². The molecular weight excluding hydrogens is 378 g/mol. The maximum absolute atomic E-state index is 12.8. The lowest BCUT2D eigenvalue weighted by atomic mass is 10.2. The van der Waals surface area contributed by atoms with Gasteiger partial charge in [-0.25, -0.2) is 4.98 Å². The zero-order valence-electron chi connectivity index (χ0n) is 12.9. The number of hydrogen-bond donors (Lipinski definition) is 1. The predicted molar refractivity (Wildman–Crippen MR) is 96.5 cm³/mol. The number of anilines is 1. The van der Waals surface area contributed by atoms with E-state index < -0.39 is 0 Å². The molecule has 1 aromatic carbocycles. The van der Waals surface area contributed by atoms with Crippen molar-refractivity contribution in [3.63, 3.8) is 0 Å². The topological polar surface area (TPSA) is 46.4 Å². The standard InChI is InChI=1S/C17H15BrClN3O/c1-9-6-13(18)16-20-11(3)15(22(16)8-9)17(23)21-14-7-12(19)5-4-10(14)2/h4-8H,1-3H3,(H,21,23). The van der Waals surface area contributed by atoms with Gasteiger partial charge in [-0.2, -0.15) is 0 Å². The van der Waals surface area contributed by atoms with Crippen LogP contribution in [-0.2, 0) is 0 Å². The van der Waals surface area contributed by atoms with E-state index in [0.717, 1.165) is 21.2 Å². The molecule has 2 heterocycles. The Balaban J connectivity index is 2.08. The summed E-state index contributed by atoms with van der Waals surface area (Å²) >= 11 is 9.52. The molecule has 1 amide bonds. The molecule has 6 heteroatoms. The van der Waals surface area contributed by atoms with Crippen molar-refractivity contribution in [2.24, 2.45) is 0 Å². The maximum Gasteiger partial charge on any atom is 0.274 e. The minimum absolute atomic E-state index is 0.210. The number of nitrogens with one attached hydrogen (secondary N) is 1. The average molecular weight is 393 g/mol. The number of halogens is 2. The van der Waals surface area contributed by atoms with Crippen LogP contribution in [0.15, 0.2) is 34.9 Å². The number of aryl methyl sites for hydroxylation is 3. The summed E-state index contributed by atoms with van der Waals surface area (Å²) in [5.41, 5.74) is 4.60. The Morgan fingerprint density at radius 2 is 2.00 bits per heavy atom. The van der Waals surface area contributed by atoms with Gasteiger partial charge in [-0.15, -0.1) is 0 Å². The van der Waals surface area contributed by atoms with Crippen molar-refractivity contribution in [3.8, 4) is 0 Å². The third kappa shape index (κ3) is 2.99. The third-order valence-corrected chi connectivity index (χ3v) is 4.47. The highest BCUT2D eigenvalue weighted by atomic mass is 79.9. The second kappa shape index (κ2) is 5.98. The predicted octanol–water partition coefficient (Wildman–Crippen LogP) is 4.93. The number of rotatable bonds is 2. The van der Waals surface area contributed by atoms with E-state index in [1.165, 1.54) is 0 Å². The van der Waals surface area contributed by atoms with Crippen LogP contribution < -0.4 is 5.32 Å². The van der Waals surface area contributed by atoms with Crippen LogP contribution in [0.2, 0.25) is 5.02 Å². The van der Waals surface area contributed by atoms with Crippen LogP contribution in [0.25, 0.3) is 5.65 Å². The molecule has 0 aliphatic rings. The van der Waals surface area contributed by atoms with Crippen molar-refractivity contribution in [1.29, 1.82) is 0 Å². The Kier molecular flexibility index (Phi) is 4.17. The summed E-state index contributed by atoms with van der Waals surface area (Å²) in [7, 11) is 0. The van der Waals surface area contributed by atoms with E-state index in [-0.39, 0.29) is 5.91 Å². The highest BCUT2D eigenvalue weighted by Gasteiger charge is 2.19. The Labute approximate surface area is 147 Å². The molecule has 0 aliphatic heterocycles. The van der Waals surface area contributed by atoms with Crippen molar-refractivity contribution in [2.75, 3.05) is 5.32 Å². The van der Waals surface area contributed by atoms with E-state index in [0.29, 0.717) is 22.1 Å². The van der Waals surface area contributed by atoms with Crippen LogP contribution in [0.5, 0.6) is 0 Å². The summed E-state index contributed by atoms with van der Waals surface area (Å²) < 4.78 is 2.67. The molecule has 0 aliphatic carbocycles. The molecule has 0 radical (unpaired) electrons. The van der Waals surface area contributed by atoms with Gasteiger partial charge in [-0.05, 0) is 66.0 Å². The van der Waals surface area contributed by atoms with Crippen LogP contribution in [0.4, 0.5) is 5.69 Å². The summed E-state index contributed by atoms with van der Waals surface area (Å²) in [5, 5.41) is 3.51. The first-order valence-electron chi connectivity index (χ1n) is 7.09. The van der Waals surface area contributed by atoms with Crippen molar-refractivity contribution < 1.29 is 4.79 Å². The molecule has 3 aromatic rings. The van der Waals surface area contributed by atoms with E-state index in [1.807, 2.05) is 43.5 Å². The number of benzene rings is 1. The second-order valence-corrected chi connectivity index (χ2v) is 6.81. The fourth-order valence-electron chi connectivity index (χ4n) is 2.53. The summed E-state index contributed by atoms with van der Waals surface area (Å²) in [5.74, 6) is -0.210. The first kappa shape index (κ1) is 16.0. The fraction of sp³-hybridized carbons (Fsp3) is 0.176. The molecule has 0 saturated heterocycles. The monoisotopic (exact) mass is 391 g/mol. The van der Waals surface area contributed by atoms with Gasteiger partial charge in [0.25, 0.3) is 5.91 Å². The summed E-state index contributed by atoms with van der Waals surface area (Å²) in [6.07, 6.45) is 1.90. The van der Waals surface area contributed by atoms with Gasteiger partial charge in [0, 0.05) is 16.9 Å². The molecule has 0 fully saturated rings. The largest absolute Gasteiger partial charge is 0.320 e. The van der Waals surface area contributed by atoms with Crippen LogP contribution >= 0.6 is 27.5 Å². The van der Waals surface area contributed by atoms with E-state index in [2.05, 4.69) is 26.2 Å². The Hall–Kier alpha value is -1.85. The molecule has 0 bridgehead atoms. The number of carbonyl (C=O) groups excluding carboxylic acids is 1. The summed E-state index contributed by atoms with van der Waals surface area (Å²) in [6.45, 7) is 5.73. The number of nitrogens with zero attached hydrogens (tertiary/aromatic N) is 2. The maximum atomic E-state index is 12.8. The first-order valence-corrected chi connectivity index (χ1v) is 8.26. The van der Waals surface area contributed by atoms with E-state index in [1.54, 1.807) is 12.1 Å². The lowest BCUT2D eigenvalue weighted by Crippen LogP contribution is -2.16. The van der Waals surface area contributed by atoms with Gasteiger partial charge in [0.1, 0.15) is 5.69 Å². The minimum atomic E-state index is -0.210. The van der Waals surface area contributed by atoms with E-state index in [4.69, 9.17) is 11.6 Å². The molecule has 118 valence electrons. The summed E-state index contributed by atoms with van der Waals surface area (Å²) in [4.78, 5) is 17.3. The lowest BCUT2D eigenvalue weighted by molar-refractivity contribution is 0.102. The fourth-order valence-corrected chi connectivity index (χ4v) is 3.34. The Bertz CT molecular complexity index is 933. The molecular formula is C17H15BrClN3O. The number of hydrogen-bond acceptors (Lipinski definition) is 2. The lowest BCUT2D eigenvalue weighted by Gasteiger charge is -2.10. The molecule has 3 rings (SSSR count). The van der Waals surface area contributed by atoms with Crippen LogP contribution in [0.3, 0.4) is 0 Å². The average Bonchev–Trinajstić information content (AvgIpc) is 2.79. The Morgan fingerprint density at radius 3 is 2.74 bits per heavy atom. The van der Waals surface area contributed by atoms with Gasteiger partial charge < -0.3 is 5.32 Å².